The van der Waals surface area contributed by atoms with Crippen LogP contribution in [-0.4, -0.2) is 10.9 Å². The highest BCUT2D eigenvalue weighted by molar-refractivity contribution is 14.1. The zero-order valence-electron chi connectivity index (χ0n) is 15.6. The third-order valence-corrected chi connectivity index (χ3v) is 6.33. The largest absolute Gasteiger partial charge is 0.321 e. The van der Waals surface area contributed by atoms with Crippen LogP contribution >= 0.6 is 33.9 Å². The molecule has 0 aliphatic rings. The van der Waals surface area contributed by atoms with Crippen LogP contribution in [0.25, 0.3) is 20.8 Å². The van der Waals surface area contributed by atoms with E-state index in [9.17, 15) is 4.79 Å². The zero-order chi connectivity index (χ0) is 19.7. The maximum absolute atomic E-state index is 12.8. The van der Waals surface area contributed by atoms with Crippen LogP contribution in [-0.2, 0) is 0 Å². The van der Waals surface area contributed by atoms with Gasteiger partial charge in [0.2, 0.25) is 0 Å². The van der Waals surface area contributed by atoms with Gasteiger partial charge in [0.15, 0.2) is 0 Å². The molecule has 0 aliphatic heterocycles. The molecule has 0 aliphatic carbocycles. The number of nitrogens with zero attached hydrogens (tertiary/aromatic N) is 1. The highest BCUT2D eigenvalue weighted by atomic mass is 127. The molecule has 1 heterocycles. The van der Waals surface area contributed by atoms with Crippen LogP contribution in [0.15, 0.2) is 66.7 Å². The summed E-state index contributed by atoms with van der Waals surface area (Å²) in [6.07, 6.45) is 0. The van der Waals surface area contributed by atoms with Gasteiger partial charge < -0.3 is 5.32 Å². The van der Waals surface area contributed by atoms with Gasteiger partial charge in [-0.3, -0.25) is 4.79 Å². The van der Waals surface area contributed by atoms with E-state index in [1.165, 1.54) is 5.56 Å². The average molecular weight is 498 g/mol. The van der Waals surface area contributed by atoms with Crippen LogP contribution in [0.4, 0.5) is 5.69 Å². The summed E-state index contributed by atoms with van der Waals surface area (Å²) in [5, 5.41) is 3.98. The second-order valence-electron chi connectivity index (χ2n) is 6.91. The number of hydrogen-bond donors (Lipinski definition) is 1. The summed E-state index contributed by atoms with van der Waals surface area (Å²) in [6, 6.07) is 21.9. The van der Waals surface area contributed by atoms with Crippen LogP contribution in [0.3, 0.4) is 0 Å². The maximum Gasteiger partial charge on any atom is 0.255 e. The number of hydrogen-bond acceptors (Lipinski definition) is 3. The predicted octanol–water partition coefficient (Wildman–Crippen LogP) is 6.94. The number of carbonyl (C=O) groups is 1. The van der Waals surface area contributed by atoms with E-state index in [0.717, 1.165) is 30.0 Å². The highest BCUT2D eigenvalue weighted by Crippen LogP contribution is 2.35. The first-order valence-electron chi connectivity index (χ1n) is 9.08. The van der Waals surface area contributed by atoms with Gasteiger partial charge in [-0.25, -0.2) is 4.98 Å². The van der Waals surface area contributed by atoms with Crippen molar-refractivity contribution in [2.75, 3.05) is 5.32 Å². The lowest BCUT2D eigenvalue weighted by molar-refractivity contribution is 0.102. The van der Waals surface area contributed by atoms with Crippen LogP contribution in [0.5, 0.6) is 0 Å². The van der Waals surface area contributed by atoms with Crippen molar-refractivity contribution in [3.05, 3.63) is 81.4 Å². The van der Waals surface area contributed by atoms with Gasteiger partial charge >= 0.3 is 0 Å². The molecule has 0 bridgehead atoms. The van der Waals surface area contributed by atoms with Crippen LogP contribution in [0.2, 0.25) is 0 Å². The van der Waals surface area contributed by atoms with E-state index < -0.39 is 0 Å². The third-order valence-electron chi connectivity index (χ3n) is 4.59. The van der Waals surface area contributed by atoms with Crippen molar-refractivity contribution >= 4 is 55.7 Å². The summed E-state index contributed by atoms with van der Waals surface area (Å²) < 4.78 is 2.24. The minimum atomic E-state index is -0.112. The lowest BCUT2D eigenvalue weighted by atomic mass is 10.0. The molecule has 4 rings (SSSR count). The zero-order valence-corrected chi connectivity index (χ0v) is 18.5. The quantitative estimate of drug-likeness (QED) is 0.310. The molecule has 28 heavy (non-hydrogen) atoms. The molecular formula is C23H19IN2OS. The van der Waals surface area contributed by atoms with Gasteiger partial charge in [-0.05, 0) is 76.5 Å². The Morgan fingerprint density at radius 2 is 1.79 bits per heavy atom. The number of anilines is 1. The number of rotatable bonds is 4. The van der Waals surface area contributed by atoms with Crippen molar-refractivity contribution in [1.29, 1.82) is 0 Å². The number of carbonyl (C=O) groups excluding carboxylic acids is 1. The summed E-state index contributed by atoms with van der Waals surface area (Å²) >= 11 is 3.92. The molecule has 0 unspecified atom stereocenters. The van der Waals surface area contributed by atoms with Crippen molar-refractivity contribution in [2.24, 2.45) is 0 Å². The Morgan fingerprint density at radius 3 is 2.50 bits per heavy atom. The molecule has 0 spiro atoms. The smallest absolute Gasteiger partial charge is 0.255 e. The highest BCUT2D eigenvalue weighted by Gasteiger charge is 2.14. The Kier molecular flexibility index (Phi) is 5.46. The van der Waals surface area contributed by atoms with Gasteiger partial charge in [-0.2, -0.15) is 0 Å². The Bertz CT molecular complexity index is 1120. The number of para-hydroxylation sites is 1. The SMILES string of the molecule is CC(C)c1ccc(C(=O)Nc2ccc(I)cc2-c2nc3ccccc3s2)cc1. The number of nitrogens with one attached hydrogen (secondary N) is 1. The minimum absolute atomic E-state index is 0.112. The Balaban J connectivity index is 1.67. The van der Waals surface area contributed by atoms with Crippen molar-refractivity contribution < 1.29 is 4.79 Å². The summed E-state index contributed by atoms with van der Waals surface area (Å²) in [4.78, 5) is 17.6. The van der Waals surface area contributed by atoms with Crippen molar-refractivity contribution in [1.82, 2.24) is 4.98 Å². The minimum Gasteiger partial charge on any atom is -0.321 e. The van der Waals surface area contributed by atoms with E-state index in [0.29, 0.717) is 11.5 Å². The molecule has 0 radical (unpaired) electrons. The number of fused-ring (bicyclic) bond motifs is 1. The van der Waals surface area contributed by atoms with E-state index in [4.69, 9.17) is 4.98 Å². The van der Waals surface area contributed by atoms with Crippen LogP contribution < -0.4 is 5.32 Å². The number of amides is 1. The maximum atomic E-state index is 12.8. The predicted molar refractivity (Wildman–Crippen MR) is 126 cm³/mol. The van der Waals surface area contributed by atoms with Crippen molar-refractivity contribution in [3.63, 3.8) is 0 Å². The molecule has 5 heteroatoms. The molecule has 3 aromatic carbocycles. The molecule has 1 amide bonds. The van der Waals surface area contributed by atoms with Gasteiger partial charge in [0, 0.05) is 14.7 Å². The molecule has 4 aromatic rings. The summed E-state index contributed by atoms with van der Waals surface area (Å²) in [6.45, 7) is 4.29. The molecule has 1 N–H and O–H groups in total. The second-order valence-corrected chi connectivity index (χ2v) is 9.18. The first-order valence-corrected chi connectivity index (χ1v) is 11.0. The molecule has 3 nitrogen and oxygen atoms in total. The number of aromatic nitrogens is 1. The van der Waals surface area contributed by atoms with Gasteiger partial charge in [-0.1, -0.05) is 38.1 Å². The van der Waals surface area contributed by atoms with E-state index in [1.54, 1.807) is 11.3 Å². The lowest BCUT2D eigenvalue weighted by Crippen LogP contribution is -2.12. The first kappa shape index (κ1) is 19.1. The molecule has 0 saturated carbocycles. The fourth-order valence-electron chi connectivity index (χ4n) is 3.00. The fraction of sp³-hybridized carbons (Fsp3) is 0.130. The molecule has 1 aromatic heterocycles. The monoisotopic (exact) mass is 498 g/mol. The standard InChI is InChI=1S/C23H19IN2OS/c1-14(2)15-7-9-16(10-8-15)22(27)25-19-12-11-17(24)13-18(19)23-26-20-5-3-4-6-21(20)28-23/h3-14H,1-2H3,(H,25,27). The van der Waals surface area contributed by atoms with E-state index >= 15 is 0 Å². The summed E-state index contributed by atoms with van der Waals surface area (Å²) in [5.41, 5.74) is 4.57. The molecule has 140 valence electrons. The Hall–Kier alpha value is -2.25. The Labute approximate surface area is 182 Å². The van der Waals surface area contributed by atoms with Gasteiger partial charge in [0.05, 0.1) is 15.9 Å². The molecule has 0 fully saturated rings. The van der Waals surface area contributed by atoms with E-state index in [1.807, 2.05) is 54.6 Å². The number of halogens is 1. The van der Waals surface area contributed by atoms with E-state index in [-0.39, 0.29) is 5.91 Å². The van der Waals surface area contributed by atoms with Crippen LogP contribution in [0.1, 0.15) is 35.7 Å². The lowest BCUT2D eigenvalue weighted by Gasteiger charge is -2.11. The Morgan fingerprint density at radius 1 is 1.04 bits per heavy atom. The molecular weight excluding hydrogens is 479 g/mol. The summed E-state index contributed by atoms with van der Waals surface area (Å²) in [7, 11) is 0. The molecule has 0 saturated heterocycles. The van der Waals surface area contributed by atoms with Crippen molar-refractivity contribution in [2.45, 2.75) is 19.8 Å². The first-order chi connectivity index (χ1) is 13.5. The topological polar surface area (TPSA) is 42.0 Å². The van der Waals surface area contributed by atoms with Gasteiger partial charge in [0.1, 0.15) is 5.01 Å². The number of thiazole rings is 1. The van der Waals surface area contributed by atoms with Crippen LogP contribution in [0, 0.1) is 3.57 Å². The fourth-order valence-corrected chi connectivity index (χ4v) is 4.49. The van der Waals surface area contributed by atoms with Gasteiger partial charge in [0.25, 0.3) is 5.91 Å². The third kappa shape index (κ3) is 3.95. The number of benzene rings is 3. The normalized spacial score (nSPS) is 11.1. The van der Waals surface area contributed by atoms with Gasteiger partial charge in [-0.15, -0.1) is 11.3 Å². The second kappa shape index (κ2) is 8.01. The van der Waals surface area contributed by atoms with E-state index in [2.05, 4.69) is 53.9 Å². The van der Waals surface area contributed by atoms with Crippen molar-refractivity contribution in [3.8, 4) is 10.6 Å². The average Bonchev–Trinajstić information content (AvgIpc) is 3.13. The molecule has 0 atom stereocenters. The summed E-state index contributed by atoms with van der Waals surface area (Å²) in [5.74, 6) is 0.331.